The van der Waals surface area contributed by atoms with E-state index in [1.54, 1.807) is 0 Å². The first-order chi connectivity index (χ1) is 7.20. The molecule has 1 aliphatic rings. The average molecular weight is 208 g/mol. The first-order valence-electron chi connectivity index (χ1n) is 6.34. The number of nitriles is 1. The van der Waals surface area contributed by atoms with Crippen LogP contribution in [0.15, 0.2) is 0 Å². The summed E-state index contributed by atoms with van der Waals surface area (Å²) in [6.07, 6.45) is 7.48. The first-order valence-corrected chi connectivity index (χ1v) is 6.34. The van der Waals surface area contributed by atoms with Crippen LogP contribution in [0.5, 0.6) is 0 Å². The smallest absolute Gasteiger partial charge is 0.0687 e. The monoisotopic (exact) mass is 208 g/mol. The molecule has 0 aromatic carbocycles. The van der Waals surface area contributed by atoms with E-state index in [4.69, 9.17) is 5.26 Å². The Morgan fingerprint density at radius 3 is 2.40 bits per heavy atom. The molecule has 0 bridgehead atoms. The van der Waals surface area contributed by atoms with Crippen LogP contribution in [0.1, 0.15) is 52.4 Å². The van der Waals surface area contributed by atoms with Crippen molar-refractivity contribution in [3.63, 3.8) is 0 Å². The number of likely N-dealkylation sites (tertiary alicyclic amines) is 1. The Kier molecular flexibility index (Phi) is 5.11. The second-order valence-corrected chi connectivity index (χ2v) is 5.07. The predicted molar refractivity (Wildman–Crippen MR) is 63.5 cm³/mol. The van der Waals surface area contributed by atoms with Crippen molar-refractivity contribution in [1.29, 1.82) is 5.26 Å². The van der Waals surface area contributed by atoms with Crippen LogP contribution >= 0.6 is 0 Å². The van der Waals surface area contributed by atoms with Gasteiger partial charge in [-0.15, -0.1) is 0 Å². The lowest BCUT2D eigenvalue weighted by atomic mass is 9.82. The van der Waals surface area contributed by atoms with Gasteiger partial charge in [-0.1, -0.05) is 26.2 Å². The number of hydrogen-bond donors (Lipinski definition) is 0. The maximum Gasteiger partial charge on any atom is 0.0687 e. The summed E-state index contributed by atoms with van der Waals surface area (Å²) in [6.45, 7) is 7.83. The van der Waals surface area contributed by atoms with Crippen LogP contribution < -0.4 is 0 Å². The Morgan fingerprint density at radius 1 is 1.20 bits per heavy atom. The van der Waals surface area contributed by atoms with Crippen LogP contribution in [0.3, 0.4) is 0 Å². The molecule has 1 aliphatic heterocycles. The Bertz CT molecular complexity index is 209. The van der Waals surface area contributed by atoms with Crippen LogP contribution in [-0.2, 0) is 0 Å². The average Bonchev–Trinajstić information content (AvgIpc) is 2.27. The molecule has 15 heavy (non-hydrogen) atoms. The van der Waals surface area contributed by atoms with E-state index >= 15 is 0 Å². The maximum atomic E-state index is 9.01. The van der Waals surface area contributed by atoms with Gasteiger partial charge in [0.1, 0.15) is 0 Å². The normalized spacial score (nSPS) is 21.1. The minimum Gasteiger partial charge on any atom is -0.303 e. The molecule has 0 unspecified atom stereocenters. The van der Waals surface area contributed by atoms with E-state index in [9.17, 15) is 0 Å². The summed E-state index contributed by atoms with van der Waals surface area (Å²) >= 11 is 0. The molecule has 2 heteroatoms. The molecule has 0 radical (unpaired) electrons. The van der Waals surface area contributed by atoms with Crippen LogP contribution in [-0.4, -0.2) is 24.5 Å². The van der Waals surface area contributed by atoms with Crippen LogP contribution in [0.2, 0.25) is 0 Å². The van der Waals surface area contributed by atoms with Gasteiger partial charge in [-0.25, -0.2) is 0 Å². The maximum absolute atomic E-state index is 9.01. The molecule has 2 nitrogen and oxygen atoms in total. The molecule has 1 rings (SSSR count). The third kappa shape index (κ3) is 4.22. The largest absolute Gasteiger partial charge is 0.303 e. The third-order valence-corrected chi connectivity index (χ3v) is 3.56. The molecule has 0 atom stereocenters. The van der Waals surface area contributed by atoms with Crippen molar-refractivity contribution in [3.05, 3.63) is 0 Å². The highest BCUT2D eigenvalue weighted by molar-refractivity contribution is 4.98. The zero-order chi connectivity index (χ0) is 11.1. The van der Waals surface area contributed by atoms with E-state index < -0.39 is 0 Å². The number of unbranched alkanes of at least 4 members (excludes halogenated alkanes) is 3. The van der Waals surface area contributed by atoms with Crippen LogP contribution in [0.4, 0.5) is 0 Å². The molecule has 0 amide bonds. The standard InChI is InChI=1S/C13H24N2/c1-3-4-5-6-9-15-10-7-13(2,12-14)8-11-15/h3-11H2,1-2H3. The number of piperidine rings is 1. The zero-order valence-corrected chi connectivity index (χ0v) is 10.3. The van der Waals surface area contributed by atoms with Gasteiger partial charge in [0, 0.05) is 0 Å². The number of nitrogens with zero attached hydrogens (tertiary/aromatic N) is 2. The van der Waals surface area contributed by atoms with E-state index in [1.165, 1.54) is 32.2 Å². The molecule has 1 heterocycles. The Balaban J connectivity index is 2.13. The van der Waals surface area contributed by atoms with Crippen molar-refractivity contribution in [2.24, 2.45) is 5.41 Å². The molecule has 0 aromatic rings. The van der Waals surface area contributed by atoms with Gasteiger partial charge < -0.3 is 4.90 Å². The molecule has 1 saturated heterocycles. The summed E-state index contributed by atoms with van der Waals surface area (Å²) in [5, 5.41) is 9.01. The first kappa shape index (κ1) is 12.5. The SMILES string of the molecule is CCCCCCN1CCC(C)(C#N)CC1. The lowest BCUT2D eigenvalue weighted by molar-refractivity contribution is 0.154. The quantitative estimate of drug-likeness (QED) is 0.649. The molecule has 0 saturated carbocycles. The minimum atomic E-state index is -0.0417. The third-order valence-electron chi connectivity index (χ3n) is 3.56. The summed E-state index contributed by atoms with van der Waals surface area (Å²) in [7, 11) is 0. The lowest BCUT2D eigenvalue weighted by Gasteiger charge is -2.34. The highest BCUT2D eigenvalue weighted by Crippen LogP contribution is 2.29. The Morgan fingerprint density at radius 2 is 1.87 bits per heavy atom. The fraction of sp³-hybridized carbons (Fsp3) is 0.923. The summed E-state index contributed by atoms with van der Waals surface area (Å²) < 4.78 is 0. The van der Waals surface area contributed by atoms with Gasteiger partial charge in [0.15, 0.2) is 0 Å². The summed E-state index contributed by atoms with van der Waals surface area (Å²) in [5.41, 5.74) is -0.0417. The second kappa shape index (κ2) is 6.12. The molecule has 0 aliphatic carbocycles. The molecule has 1 fully saturated rings. The topological polar surface area (TPSA) is 27.0 Å². The molecular weight excluding hydrogens is 184 g/mol. The highest BCUT2D eigenvalue weighted by Gasteiger charge is 2.29. The van der Waals surface area contributed by atoms with Crippen molar-refractivity contribution in [1.82, 2.24) is 4.90 Å². The van der Waals surface area contributed by atoms with Crippen LogP contribution in [0.25, 0.3) is 0 Å². The van der Waals surface area contributed by atoms with Crippen LogP contribution in [0, 0.1) is 16.7 Å². The van der Waals surface area contributed by atoms with Gasteiger partial charge in [0.25, 0.3) is 0 Å². The fourth-order valence-corrected chi connectivity index (χ4v) is 2.14. The number of hydrogen-bond acceptors (Lipinski definition) is 2. The van der Waals surface area contributed by atoms with E-state index in [-0.39, 0.29) is 5.41 Å². The minimum absolute atomic E-state index is 0.0417. The summed E-state index contributed by atoms with van der Waals surface area (Å²) in [4.78, 5) is 2.52. The molecular formula is C13H24N2. The molecule has 0 aromatic heterocycles. The van der Waals surface area contributed by atoms with Gasteiger partial charge >= 0.3 is 0 Å². The zero-order valence-electron chi connectivity index (χ0n) is 10.3. The summed E-state index contributed by atoms with van der Waals surface area (Å²) in [6, 6.07) is 2.45. The van der Waals surface area contributed by atoms with E-state index in [1.807, 2.05) is 0 Å². The van der Waals surface area contributed by atoms with Gasteiger partial charge in [0.2, 0.25) is 0 Å². The van der Waals surface area contributed by atoms with E-state index in [2.05, 4.69) is 24.8 Å². The Labute approximate surface area is 94.3 Å². The molecule has 86 valence electrons. The Hall–Kier alpha value is -0.550. The van der Waals surface area contributed by atoms with Crippen molar-refractivity contribution >= 4 is 0 Å². The lowest BCUT2D eigenvalue weighted by Crippen LogP contribution is -2.38. The van der Waals surface area contributed by atoms with Gasteiger partial charge in [-0.2, -0.15) is 5.26 Å². The number of rotatable bonds is 5. The van der Waals surface area contributed by atoms with Crippen molar-refractivity contribution in [2.45, 2.75) is 52.4 Å². The second-order valence-electron chi connectivity index (χ2n) is 5.07. The predicted octanol–water partition coefficient (Wildman–Crippen LogP) is 3.19. The van der Waals surface area contributed by atoms with E-state index in [0.29, 0.717) is 0 Å². The van der Waals surface area contributed by atoms with Crippen molar-refractivity contribution < 1.29 is 0 Å². The fourth-order valence-electron chi connectivity index (χ4n) is 2.14. The van der Waals surface area contributed by atoms with Gasteiger partial charge in [0.05, 0.1) is 11.5 Å². The van der Waals surface area contributed by atoms with E-state index in [0.717, 1.165) is 25.9 Å². The van der Waals surface area contributed by atoms with Crippen molar-refractivity contribution in [2.75, 3.05) is 19.6 Å². The highest BCUT2D eigenvalue weighted by atomic mass is 15.1. The van der Waals surface area contributed by atoms with Crippen molar-refractivity contribution in [3.8, 4) is 6.07 Å². The molecule has 0 N–H and O–H groups in total. The summed E-state index contributed by atoms with van der Waals surface area (Å²) in [5.74, 6) is 0. The van der Waals surface area contributed by atoms with Gasteiger partial charge in [-0.05, 0) is 45.8 Å². The molecule has 0 spiro atoms. The van der Waals surface area contributed by atoms with Gasteiger partial charge in [-0.3, -0.25) is 0 Å².